The van der Waals surface area contributed by atoms with Gasteiger partial charge in [-0.2, -0.15) is 0 Å². The van der Waals surface area contributed by atoms with E-state index in [9.17, 15) is 9.90 Å². The van der Waals surface area contributed by atoms with Gasteiger partial charge in [0.1, 0.15) is 18.5 Å². The number of hydrogen-bond donors (Lipinski definition) is 2. The number of pyridine rings is 1. The SMILES string of the molecule is O=C(Nc1ccc2ccccc2c1)C1CCN(CC(O)COc2cccc3ncccc23)CC1. The van der Waals surface area contributed by atoms with Crippen molar-refractivity contribution in [1.82, 2.24) is 9.88 Å². The normalized spacial score (nSPS) is 15.9. The van der Waals surface area contributed by atoms with E-state index in [-0.39, 0.29) is 18.4 Å². The van der Waals surface area contributed by atoms with Crippen LogP contribution in [-0.2, 0) is 4.79 Å². The highest BCUT2D eigenvalue weighted by molar-refractivity contribution is 5.95. The van der Waals surface area contributed by atoms with Gasteiger partial charge in [-0.05, 0) is 73.1 Å². The molecule has 6 heteroatoms. The molecular formula is C28H29N3O3. The first-order valence-electron chi connectivity index (χ1n) is 11.8. The molecule has 1 amide bonds. The van der Waals surface area contributed by atoms with Crippen molar-refractivity contribution in [3.8, 4) is 5.75 Å². The van der Waals surface area contributed by atoms with Gasteiger partial charge in [0.15, 0.2) is 0 Å². The van der Waals surface area contributed by atoms with Crippen molar-refractivity contribution >= 4 is 33.3 Å². The molecule has 0 radical (unpaired) electrons. The van der Waals surface area contributed by atoms with Crippen molar-refractivity contribution in [3.63, 3.8) is 0 Å². The molecule has 0 saturated carbocycles. The fraction of sp³-hybridized carbons (Fsp3) is 0.286. The second kappa shape index (κ2) is 10.2. The molecule has 174 valence electrons. The highest BCUT2D eigenvalue weighted by Gasteiger charge is 2.26. The highest BCUT2D eigenvalue weighted by Crippen LogP contribution is 2.25. The number of carbonyl (C=O) groups is 1. The third-order valence-corrected chi connectivity index (χ3v) is 6.48. The smallest absolute Gasteiger partial charge is 0.227 e. The number of amides is 1. The fourth-order valence-electron chi connectivity index (χ4n) is 4.63. The molecule has 2 N–H and O–H groups in total. The summed E-state index contributed by atoms with van der Waals surface area (Å²) in [4.78, 5) is 19.3. The molecule has 1 fully saturated rings. The summed E-state index contributed by atoms with van der Waals surface area (Å²) < 4.78 is 5.90. The molecular weight excluding hydrogens is 426 g/mol. The molecule has 1 aliphatic heterocycles. The maximum atomic E-state index is 12.8. The van der Waals surface area contributed by atoms with Gasteiger partial charge in [0, 0.05) is 29.7 Å². The Labute approximate surface area is 199 Å². The number of nitrogens with one attached hydrogen (secondary N) is 1. The zero-order valence-corrected chi connectivity index (χ0v) is 19.1. The number of aliphatic hydroxyl groups is 1. The third kappa shape index (κ3) is 5.19. The summed E-state index contributed by atoms with van der Waals surface area (Å²) in [6.07, 6.45) is 2.71. The summed E-state index contributed by atoms with van der Waals surface area (Å²) in [6, 6.07) is 23.7. The summed E-state index contributed by atoms with van der Waals surface area (Å²) in [6.45, 7) is 2.31. The molecule has 1 atom stereocenters. The average molecular weight is 456 g/mol. The van der Waals surface area contributed by atoms with Crippen LogP contribution in [0.15, 0.2) is 79.0 Å². The lowest BCUT2D eigenvalue weighted by Crippen LogP contribution is -2.42. The number of benzene rings is 3. The molecule has 0 aliphatic carbocycles. The number of carbonyl (C=O) groups excluding carboxylic acids is 1. The van der Waals surface area contributed by atoms with Crippen LogP contribution in [0.3, 0.4) is 0 Å². The molecule has 5 rings (SSSR count). The zero-order valence-electron chi connectivity index (χ0n) is 19.1. The Bertz CT molecular complexity index is 1280. The number of fused-ring (bicyclic) bond motifs is 2. The number of β-amino-alcohol motifs (C(OH)–C–C–N with tert-alkyl or cyclic N) is 1. The molecule has 1 aromatic heterocycles. The van der Waals surface area contributed by atoms with Crippen LogP contribution in [0.25, 0.3) is 21.7 Å². The number of aliphatic hydroxyl groups excluding tert-OH is 1. The first-order valence-corrected chi connectivity index (χ1v) is 11.8. The van der Waals surface area contributed by atoms with Gasteiger partial charge in [0.25, 0.3) is 0 Å². The maximum Gasteiger partial charge on any atom is 0.227 e. The first kappa shape index (κ1) is 22.3. The van der Waals surface area contributed by atoms with Gasteiger partial charge in [0.2, 0.25) is 5.91 Å². The van der Waals surface area contributed by atoms with Crippen molar-refractivity contribution in [2.75, 3.05) is 31.6 Å². The monoisotopic (exact) mass is 455 g/mol. The van der Waals surface area contributed by atoms with Crippen LogP contribution in [0, 0.1) is 5.92 Å². The molecule has 0 spiro atoms. The number of likely N-dealkylation sites (tertiary alicyclic amines) is 1. The van der Waals surface area contributed by atoms with E-state index in [0.29, 0.717) is 6.54 Å². The van der Waals surface area contributed by atoms with Crippen molar-refractivity contribution < 1.29 is 14.6 Å². The van der Waals surface area contributed by atoms with Gasteiger partial charge in [-0.1, -0.05) is 36.4 Å². The lowest BCUT2D eigenvalue weighted by atomic mass is 9.95. The summed E-state index contributed by atoms with van der Waals surface area (Å²) in [5.74, 6) is 0.788. The minimum atomic E-state index is -0.602. The van der Waals surface area contributed by atoms with E-state index in [1.165, 1.54) is 0 Å². The number of hydrogen-bond acceptors (Lipinski definition) is 5. The number of anilines is 1. The lowest BCUT2D eigenvalue weighted by molar-refractivity contribution is -0.121. The largest absolute Gasteiger partial charge is 0.490 e. The Balaban J connectivity index is 1.09. The maximum absolute atomic E-state index is 12.8. The second-order valence-electron chi connectivity index (χ2n) is 8.92. The lowest BCUT2D eigenvalue weighted by Gasteiger charge is -2.32. The zero-order chi connectivity index (χ0) is 23.3. The third-order valence-electron chi connectivity index (χ3n) is 6.48. The average Bonchev–Trinajstić information content (AvgIpc) is 2.88. The minimum Gasteiger partial charge on any atom is -0.490 e. The van der Waals surface area contributed by atoms with E-state index < -0.39 is 6.10 Å². The Morgan fingerprint density at radius 1 is 1.03 bits per heavy atom. The van der Waals surface area contributed by atoms with E-state index in [0.717, 1.165) is 59.0 Å². The second-order valence-corrected chi connectivity index (χ2v) is 8.92. The summed E-state index contributed by atoms with van der Waals surface area (Å²) in [5, 5.41) is 16.8. The Kier molecular flexibility index (Phi) is 6.70. The Hall–Kier alpha value is -3.48. The molecule has 4 aromatic rings. The number of ether oxygens (including phenoxy) is 1. The molecule has 6 nitrogen and oxygen atoms in total. The number of piperidine rings is 1. The van der Waals surface area contributed by atoms with Gasteiger partial charge in [-0.3, -0.25) is 9.78 Å². The van der Waals surface area contributed by atoms with Crippen molar-refractivity contribution in [3.05, 3.63) is 79.0 Å². The quantitative estimate of drug-likeness (QED) is 0.430. The molecule has 1 saturated heterocycles. The van der Waals surface area contributed by atoms with E-state index in [2.05, 4.69) is 27.3 Å². The van der Waals surface area contributed by atoms with Crippen LogP contribution >= 0.6 is 0 Å². The first-order chi connectivity index (χ1) is 16.7. The van der Waals surface area contributed by atoms with Crippen LogP contribution in [0.5, 0.6) is 5.75 Å². The van der Waals surface area contributed by atoms with Crippen LogP contribution in [0.1, 0.15) is 12.8 Å². The minimum absolute atomic E-state index is 0.0145. The summed E-state index contributed by atoms with van der Waals surface area (Å²) in [5.41, 5.74) is 1.71. The van der Waals surface area contributed by atoms with E-state index in [1.807, 2.05) is 60.7 Å². The Morgan fingerprint density at radius 3 is 2.71 bits per heavy atom. The molecule has 2 heterocycles. The standard InChI is InChI=1S/C28H29N3O3/c32-24(19-34-27-9-3-8-26-25(27)7-4-14-29-26)18-31-15-12-21(13-16-31)28(33)30-23-11-10-20-5-1-2-6-22(20)17-23/h1-11,14,17,21,24,32H,12-13,15-16,18-19H2,(H,30,33). The molecule has 0 bridgehead atoms. The predicted octanol–water partition coefficient (Wildman–Crippen LogP) is 4.48. The summed E-state index contributed by atoms with van der Waals surface area (Å²) >= 11 is 0. The van der Waals surface area contributed by atoms with Crippen LogP contribution in [-0.4, -0.2) is 53.2 Å². The fourth-order valence-corrected chi connectivity index (χ4v) is 4.63. The topological polar surface area (TPSA) is 74.7 Å². The Morgan fingerprint density at radius 2 is 1.85 bits per heavy atom. The van der Waals surface area contributed by atoms with Gasteiger partial charge >= 0.3 is 0 Å². The van der Waals surface area contributed by atoms with Crippen LogP contribution < -0.4 is 10.1 Å². The molecule has 1 aliphatic rings. The van der Waals surface area contributed by atoms with E-state index in [1.54, 1.807) is 6.20 Å². The van der Waals surface area contributed by atoms with Crippen LogP contribution in [0.2, 0.25) is 0 Å². The van der Waals surface area contributed by atoms with E-state index >= 15 is 0 Å². The molecule has 34 heavy (non-hydrogen) atoms. The summed E-state index contributed by atoms with van der Waals surface area (Å²) in [7, 11) is 0. The van der Waals surface area contributed by atoms with Crippen molar-refractivity contribution in [1.29, 1.82) is 0 Å². The molecule has 3 aromatic carbocycles. The van der Waals surface area contributed by atoms with Crippen molar-refractivity contribution in [2.24, 2.45) is 5.92 Å². The predicted molar refractivity (Wildman–Crippen MR) is 135 cm³/mol. The molecule has 1 unspecified atom stereocenters. The number of rotatable bonds is 7. The van der Waals surface area contributed by atoms with Gasteiger partial charge in [-0.15, -0.1) is 0 Å². The van der Waals surface area contributed by atoms with Gasteiger partial charge < -0.3 is 20.1 Å². The van der Waals surface area contributed by atoms with Gasteiger partial charge in [0.05, 0.1) is 5.52 Å². The highest BCUT2D eigenvalue weighted by atomic mass is 16.5. The van der Waals surface area contributed by atoms with E-state index in [4.69, 9.17) is 4.74 Å². The number of aromatic nitrogens is 1. The van der Waals surface area contributed by atoms with Gasteiger partial charge in [-0.25, -0.2) is 0 Å². The van der Waals surface area contributed by atoms with Crippen molar-refractivity contribution in [2.45, 2.75) is 18.9 Å². The number of nitrogens with zero attached hydrogens (tertiary/aromatic N) is 2. The van der Waals surface area contributed by atoms with Crippen LogP contribution in [0.4, 0.5) is 5.69 Å².